The Morgan fingerprint density at radius 2 is 2.00 bits per heavy atom. The molecule has 1 aromatic rings. The third-order valence-corrected chi connectivity index (χ3v) is 4.85. The summed E-state index contributed by atoms with van der Waals surface area (Å²) < 4.78 is 6.68. The highest BCUT2D eigenvalue weighted by molar-refractivity contribution is 5.93. The van der Waals surface area contributed by atoms with E-state index in [1.165, 1.54) is 17.0 Å². The molecule has 0 aliphatic heterocycles. The number of hydroxylamine groups is 1. The molecule has 0 bridgehead atoms. The molecule has 176 valence electrons. The highest BCUT2D eigenvalue weighted by atomic mass is 16.7. The Kier molecular flexibility index (Phi) is 9.97. The predicted molar refractivity (Wildman–Crippen MR) is 114 cm³/mol. The molecule has 0 saturated carbocycles. The van der Waals surface area contributed by atoms with Crippen LogP contribution >= 0.6 is 0 Å². The second-order valence-corrected chi connectivity index (χ2v) is 7.98. The van der Waals surface area contributed by atoms with Crippen molar-refractivity contribution < 1.29 is 24.9 Å². The lowest BCUT2D eigenvalue weighted by Gasteiger charge is -2.31. The van der Waals surface area contributed by atoms with E-state index >= 15 is 0 Å². The minimum atomic E-state index is -0.888. The number of nitro groups is 1. The lowest BCUT2D eigenvalue weighted by Crippen LogP contribution is -2.54. The van der Waals surface area contributed by atoms with Crippen molar-refractivity contribution >= 4 is 17.4 Å². The van der Waals surface area contributed by atoms with Crippen LogP contribution in [-0.4, -0.2) is 73.3 Å². The van der Waals surface area contributed by atoms with E-state index in [0.717, 1.165) is 0 Å². The third kappa shape index (κ3) is 7.86. The number of hydrogen-bond acceptors (Lipinski definition) is 11. The van der Waals surface area contributed by atoms with Crippen molar-refractivity contribution in [3.05, 3.63) is 22.5 Å². The molecule has 4 N–H and O–H groups in total. The van der Waals surface area contributed by atoms with Gasteiger partial charge in [0.1, 0.15) is 30.8 Å². The van der Waals surface area contributed by atoms with Crippen molar-refractivity contribution in [1.29, 1.82) is 0 Å². The molecule has 1 heterocycles. The average Bonchev–Trinajstić information content (AvgIpc) is 3.18. The van der Waals surface area contributed by atoms with Gasteiger partial charge in [-0.15, -0.1) is 0 Å². The van der Waals surface area contributed by atoms with E-state index in [-0.39, 0.29) is 25.6 Å². The van der Waals surface area contributed by atoms with Crippen LogP contribution in [0, 0.1) is 10.1 Å². The second kappa shape index (κ2) is 11.7. The van der Waals surface area contributed by atoms with Crippen LogP contribution in [0.2, 0.25) is 0 Å². The van der Waals surface area contributed by atoms with Gasteiger partial charge in [-0.2, -0.15) is 5.48 Å². The van der Waals surface area contributed by atoms with Gasteiger partial charge < -0.3 is 30.6 Å². The van der Waals surface area contributed by atoms with Gasteiger partial charge in [-0.05, 0) is 46.5 Å². The first-order valence-corrected chi connectivity index (χ1v) is 9.80. The first-order valence-electron chi connectivity index (χ1n) is 9.80. The minimum absolute atomic E-state index is 0.103. The van der Waals surface area contributed by atoms with Crippen molar-refractivity contribution in [3.8, 4) is 0 Å². The molecular weight excluding hydrogens is 410 g/mol. The van der Waals surface area contributed by atoms with E-state index in [0.29, 0.717) is 18.0 Å². The van der Waals surface area contributed by atoms with Crippen molar-refractivity contribution in [2.24, 2.45) is 10.3 Å². The SMILES string of the molecule is CCOCC(=NO)C(C)(C)NOC(CNC(C)(C)C(C)=NO)Cn1ccnc1[N+](=O)[O-]. The summed E-state index contributed by atoms with van der Waals surface area (Å²) in [7, 11) is 0. The van der Waals surface area contributed by atoms with E-state index in [9.17, 15) is 15.3 Å². The number of ether oxygens (including phenoxy) is 1. The van der Waals surface area contributed by atoms with Crippen LogP contribution in [0.1, 0.15) is 41.5 Å². The van der Waals surface area contributed by atoms with Gasteiger partial charge >= 0.3 is 5.95 Å². The molecule has 0 aliphatic rings. The molecule has 13 heteroatoms. The molecule has 1 aromatic heterocycles. The highest BCUT2D eigenvalue weighted by Crippen LogP contribution is 2.13. The largest absolute Gasteiger partial charge is 0.434 e. The zero-order valence-corrected chi connectivity index (χ0v) is 18.8. The molecule has 0 fully saturated rings. The van der Waals surface area contributed by atoms with Crippen molar-refractivity contribution in [2.75, 3.05) is 19.8 Å². The summed E-state index contributed by atoms with van der Waals surface area (Å²) in [5, 5.41) is 39.4. The quantitative estimate of drug-likeness (QED) is 0.144. The van der Waals surface area contributed by atoms with E-state index in [4.69, 9.17) is 14.8 Å². The van der Waals surface area contributed by atoms with E-state index < -0.39 is 22.1 Å². The molecule has 0 saturated heterocycles. The first-order chi connectivity index (χ1) is 14.5. The average molecular weight is 444 g/mol. The molecule has 1 atom stereocenters. The smallest absolute Gasteiger partial charge is 0.411 e. The fourth-order valence-electron chi connectivity index (χ4n) is 2.42. The normalized spacial score (nSPS) is 14.6. The fraction of sp³-hybridized carbons (Fsp3) is 0.722. The minimum Gasteiger partial charge on any atom is -0.411 e. The van der Waals surface area contributed by atoms with E-state index in [2.05, 4.69) is 26.1 Å². The Bertz CT molecular complexity index is 775. The first kappa shape index (κ1) is 26.4. The van der Waals surface area contributed by atoms with Gasteiger partial charge in [0.05, 0.1) is 23.4 Å². The van der Waals surface area contributed by atoms with Crippen LogP contribution in [0.4, 0.5) is 5.95 Å². The molecule has 0 aromatic carbocycles. The summed E-state index contributed by atoms with van der Waals surface area (Å²) >= 11 is 0. The topological polar surface area (TPSA) is 169 Å². The second-order valence-electron chi connectivity index (χ2n) is 7.98. The van der Waals surface area contributed by atoms with Gasteiger partial charge in [0.15, 0.2) is 0 Å². The van der Waals surface area contributed by atoms with Crippen LogP contribution in [0.25, 0.3) is 0 Å². The molecule has 0 aliphatic carbocycles. The molecule has 1 unspecified atom stereocenters. The molecule has 13 nitrogen and oxygen atoms in total. The Balaban J connectivity index is 2.98. The number of aromatic nitrogens is 2. The number of rotatable bonds is 14. The van der Waals surface area contributed by atoms with Gasteiger partial charge in [0.25, 0.3) is 0 Å². The third-order valence-electron chi connectivity index (χ3n) is 4.85. The number of nitrogens with zero attached hydrogens (tertiary/aromatic N) is 5. The molecule has 0 spiro atoms. The number of imidazole rings is 1. The number of nitrogens with one attached hydrogen (secondary N) is 2. The molecular formula is C18H33N7O6. The highest BCUT2D eigenvalue weighted by Gasteiger charge is 2.30. The van der Waals surface area contributed by atoms with Gasteiger partial charge in [-0.1, -0.05) is 15.3 Å². The lowest BCUT2D eigenvalue weighted by atomic mass is 9.99. The molecule has 0 amide bonds. The maximum Gasteiger partial charge on any atom is 0.434 e. The maximum absolute atomic E-state index is 11.2. The summed E-state index contributed by atoms with van der Waals surface area (Å²) in [6.45, 7) is 11.6. The Labute approximate surface area is 181 Å². The summed E-state index contributed by atoms with van der Waals surface area (Å²) in [5.41, 5.74) is 2.10. The van der Waals surface area contributed by atoms with E-state index in [1.807, 2.05) is 20.8 Å². The monoisotopic (exact) mass is 443 g/mol. The van der Waals surface area contributed by atoms with Crippen molar-refractivity contribution in [3.63, 3.8) is 0 Å². The van der Waals surface area contributed by atoms with Crippen LogP contribution in [0.15, 0.2) is 22.7 Å². The predicted octanol–water partition coefficient (Wildman–Crippen LogP) is 1.54. The zero-order chi connectivity index (χ0) is 23.7. The van der Waals surface area contributed by atoms with Crippen molar-refractivity contribution in [1.82, 2.24) is 20.3 Å². The summed E-state index contributed by atoms with van der Waals surface area (Å²) in [6.07, 6.45) is 2.22. The van der Waals surface area contributed by atoms with Crippen LogP contribution in [0.3, 0.4) is 0 Å². The van der Waals surface area contributed by atoms with Crippen LogP contribution in [0.5, 0.6) is 0 Å². The molecule has 31 heavy (non-hydrogen) atoms. The Hall–Kier alpha value is -2.61. The molecule has 1 rings (SSSR count). The van der Waals surface area contributed by atoms with Gasteiger partial charge in [0, 0.05) is 13.2 Å². The standard InChI is InChI=1S/C18H33N7O6/c1-7-30-12-15(22-27)18(5,6)23-31-14(10-20-17(3,4)13(2)21-26)11-24-9-8-19-16(24)25(28)29/h8-9,14,20,23,26-27H,7,10-12H2,1-6H3. The zero-order valence-electron chi connectivity index (χ0n) is 18.8. The van der Waals surface area contributed by atoms with Gasteiger partial charge in [0.2, 0.25) is 0 Å². The van der Waals surface area contributed by atoms with E-state index in [1.54, 1.807) is 20.8 Å². The lowest BCUT2D eigenvalue weighted by molar-refractivity contribution is -0.397. The Morgan fingerprint density at radius 1 is 1.32 bits per heavy atom. The number of oxime groups is 2. The van der Waals surface area contributed by atoms with Crippen LogP contribution in [-0.2, 0) is 16.1 Å². The molecule has 0 radical (unpaired) electrons. The van der Waals surface area contributed by atoms with Gasteiger partial charge in [-0.25, -0.2) is 4.57 Å². The van der Waals surface area contributed by atoms with Gasteiger partial charge in [-0.3, -0.25) is 4.84 Å². The van der Waals surface area contributed by atoms with Crippen LogP contribution < -0.4 is 10.8 Å². The summed E-state index contributed by atoms with van der Waals surface area (Å²) in [6, 6.07) is 0. The fourth-order valence-corrected chi connectivity index (χ4v) is 2.42. The number of hydrogen-bond donors (Lipinski definition) is 4. The maximum atomic E-state index is 11.2. The summed E-state index contributed by atoms with van der Waals surface area (Å²) in [4.78, 5) is 20.2. The Morgan fingerprint density at radius 3 is 2.55 bits per heavy atom. The van der Waals surface area contributed by atoms with Crippen molar-refractivity contribution in [2.45, 2.75) is 65.3 Å². The summed E-state index contributed by atoms with van der Waals surface area (Å²) in [5.74, 6) is -0.311.